The largest absolute Gasteiger partial charge is 0.357 e. The summed E-state index contributed by atoms with van der Waals surface area (Å²) in [6.07, 6.45) is 6.52. The highest BCUT2D eigenvalue weighted by Crippen LogP contribution is 2.16. The zero-order valence-corrected chi connectivity index (χ0v) is 17.6. The number of aromatic nitrogens is 3. The minimum atomic E-state index is 0.641. The molecule has 0 aliphatic heterocycles. The topological polar surface area (TPSA) is 67.1 Å². The maximum absolute atomic E-state index is 4.73. The van der Waals surface area contributed by atoms with E-state index < -0.39 is 0 Å². The summed E-state index contributed by atoms with van der Waals surface area (Å²) in [6, 6.07) is 8.54. The summed E-state index contributed by atoms with van der Waals surface area (Å²) >= 11 is 1.77. The molecule has 0 fully saturated rings. The van der Waals surface area contributed by atoms with Crippen molar-refractivity contribution in [2.45, 2.75) is 40.3 Å². The molecule has 2 N–H and O–H groups in total. The number of aryl methyl sites for hydroxylation is 2. The SMILES string of the molecule is CCNC(=NCc1cccc(Cn2ccnc2)c1)NCCc1nc(C)c(C)s1. The number of guanidine groups is 1. The first-order valence-corrected chi connectivity index (χ1v) is 10.4. The molecule has 3 rings (SSSR count). The van der Waals surface area contributed by atoms with E-state index in [4.69, 9.17) is 4.99 Å². The molecule has 7 heteroatoms. The molecule has 0 radical (unpaired) electrons. The van der Waals surface area contributed by atoms with E-state index in [0.29, 0.717) is 6.54 Å². The smallest absolute Gasteiger partial charge is 0.191 e. The van der Waals surface area contributed by atoms with Gasteiger partial charge in [0.25, 0.3) is 0 Å². The zero-order chi connectivity index (χ0) is 19.8. The second-order valence-corrected chi connectivity index (χ2v) is 7.96. The lowest BCUT2D eigenvalue weighted by atomic mass is 10.1. The van der Waals surface area contributed by atoms with Gasteiger partial charge in [-0.3, -0.25) is 0 Å². The second-order valence-electron chi connectivity index (χ2n) is 6.68. The third-order valence-corrected chi connectivity index (χ3v) is 5.52. The molecule has 2 heterocycles. The van der Waals surface area contributed by atoms with Gasteiger partial charge in [-0.1, -0.05) is 24.3 Å². The number of aliphatic imine (C=N–C) groups is 1. The minimum absolute atomic E-state index is 0.641. The normalized spacial score (nSPS) is 11.6. The van der Waals surface area contributed by atoms with Gasteiger partial charge in [-0.15, -0.1) is 11.3 Å². The van der Waals surface area contributed by atoms with Gasteiger partial charge in [0.1, 0.15) is 0 Å². The standard InChI is InChI=1S/C21H28N6S/c1-4-23-21(24-9-8-20-26-16(2)17(3)28-20)25-13-18-6-5-7-19(12-18)14-27-11-10-22-15-27/h5-7,10-12,15H,4,8-9,13-14H2,1-3H3,(H2,23,24,25). The lowest BCUT2D eigenvalue weighted by Gasteiger charge is -2.11. The van der Waals surface area contributed by atoms with Gasteiger partial charge in [-0.05, 0) is 31.9 Å². The molecule has 0 amide bonds. The van der Waals surface area contributed by atoms with Crippen molar-refractivity contribution >= 4 is 17.3 Å². The first-order chi connectivity index (χ1) is 13.6. The molecule has 0 bridgehead atoms. The van der Waals surface area contributed by atoms with E-state index >= 15 is 0 Å². The molecule has 3 aromatic rings. The van der Waals surface area contributed by atoms with Crippen molar-refractivity contribution in [1.82, 2.24) is 25.2 Å². The third-order valence-electron chi connectivity index (χ3n) is 4.38. The summed E-state index contributed by atoms with van der Waals surface area (Å²) in [6.45, 7) is 9.38. The van der Waals surface area contributed by atoms with E-state index in [2.05, 4.69) is 70.2 Å². The van der Waals surface area contributed by atoms with Gasteiger partial charge in [0.15, 0.2) is 5.96 Å². The average Bonchev–Trinajstić information content (AvgIpc) is 3.30. The summed E-state index contributed by atoms with van der Waals surface area (Å²) in [5.74, 6) is 0.840. The van der Waals surface area contributed by atoms with Crippen LogP contribution in [0.1, 0.15) is 33.6 Å². The Morgan fingerprint density at radius 3 is 2.79 bits per heavy atom. The Morgan fingerprint density at radius 1 is 1.21 bits per heavy atom. The van der Waals surface area contributed by atoms with Gasteiger partial charge < -0.3 is 15.2 Å². The van der Waals surface area contributed by atoms with E-state index in [1.54, 1.807) is 17.5 Å². The molecule has 1 aromatic carbocycles. The van der Waals surface area contributed by atoms with Gasteiger partial charge in [0, 0.05) is 43.3 Å². The lowest BCUT2D eigenvalue weighted by molar-refractivity contribution is 0.789. The molecule has 0 aliphatic rings. The Labute approximate surface area is 170 Å². The van der Waals surface area contributed by atoms with E-state index in [1.165, 1.54) is 21.0 Å². The molecule has 0 unspecified atom stereocenters. The predicted molar refractivity (Wildman–Crippen MR) is 116 cm³/mol. The number of hydrogen-bond acceptors (Lipinski definition) is 4. The van der Waals surface area contributed by atoms with Crippen LogP contribution in [0.25, 0.3) is 0 Å². The fourth-order valence-corrected chi connectivity index (χ4v) is 3.80. The summed E-state index contributed by atoms with van der Waals surface area (Å²) in [5, 5.41) is 7.90. The second kappa shape index (κ2) is 10.0. The van der Waals surface area contributed by atoms with Crippen molar-refractivity contribution in [2.24, 2.45) is 4.99 Å². The number of nitrogens with one attached hydrogen (secondary N) is 2. The number of benzene rings is 1. The maximum Gasteiger partial charge on any atom is 0.191 e. The van der Waals surface area contributed by atoms with Gasteiger partial charge in [-0.2, -0.15) is 0 Å². The van der Waals surface area contributed by atoms with Crippen molar-refractivity contribution in [3.63, 3.8) is 0 Å². The maximum atomic E-state index is 4.73. The Kier molecular flexibility index (Phi) is 7.19. The van der Waals surface area contributed by atoms with Crippen LogP contribution in [0.15, 0.2) is 48.0 Å². The molecule has 28 heavy (non-hydrogen) atoms. The fraction of sp³-hybridized carbons (Fsp3) is 0.381. The van der Waals surface area contributed by atoms with Crippen molar-refractivity contribution in [3.8, 4) is 0 Å². The number of hydrogen-bond donors (Lipinski definition) is 2. The minimum Gasteiger partial charge on any atom is -0.357 e. The Bertz CT molecular complexity index is 878. The third kappa shape index (κ3) is 5.92. The summed E-state index contributed by atoms with van der Waals surface area (Å²) in [7, 11) is 0. The quantitative estimate of drug-likeness (QED) is 0.453. The van der Waals surface area contributed by atoms with Crippen molar-refractivity contribution in [1.29, 1.82) is 0 Å². The van der Waals surface area contributed by atoms with Gasteiger partial charge >= 0.3 is 0 Å². The van der Waals surface area contributed by atoms with E-state index in [1.807, 2.05) is 12.5 Å². The summed E-state index contributed by atoms with van der Waals surface area (Å²) in [5.41, 5.74) is 3.58. The number of imidazole rings is 1. The highest BCUT2D eigenvalue weighted by atomic mass is 32.1. The molecule has 0 spiro atoms. The van der Waals surface area contributed by atoms with Crippen LogP contribution >= 0.6 is 11.3 Å². The highest BCUT2D eigenvalue weighted by Gasteiger charge is 2.04. The predicted octanol–water partition coefficient (Wildman–Crippen LogP) is 3.30. The van der Waals surface area contributed by atoms with Crippen LogP contribution in [0.5, 0.6) is 0 Å². The van der Waals surface area contributed by atoms with Crippen LogP contribution in [-0.2, 0) is 19.5 Å². The Morgan fingerprint density at radius 2 is 2.07 bits per heavy atom. The number of thiazole rings is 1. The van der Waals surface area contributed by atoms with Gasteiger partial charge in [0.2, 0.25) is 0 Å². The van der Waals surface area contributed by atoms with E-state index in [-0.39, 0.29) is 0 Å². The first kappa shape index (κ1) is 20.1. The van der Waals surface area contributed by atoms with Crippen molar-refractivity contribution in [2.75, 3.05) is 13.1 Å². The van der Waals surface area contributed by atoms with Crippen LogP contribution in [0.4, 0.5) is 0 Å². The van der Waals surface area contributed by atoms with Crippen LogP contribution in [-0.4, -0.2) is 33.6 Å². The van der Waals surface area contributed by atoms with Crippen LogP contribution in [0.3, 0.4) is 0 Å². The van der Waals surface area contributed by atoms with Crippen molar-refractivity contribution in [3.05, 3.63) is 69.7 Å². The zero-order valence-electron chi connectivity index (χ0n) is 16.8. The summed E-state index contributed by atoms with van der Waals surface area (Å²) in [4.78, 5) is 14.7. The van der Waals surface area contributed by atoms with E-state index in [0.717, 1.165) is 37.7 Å². The molecule has 0 aliphatic carbocycles. The lowest BCUT2D eigenvalue weighted by Crippen LogP contribution is -2.38. The van der Waals surface area contributed by atoms with Crippen LogP contribution in [0, 0.1) is 13.8 Å². The first-order valence-electron chi connectivity index (χ1n) is 9.62. The van der Waals surface area contributed by atoms with Gasteiger partial charge in [-0.25, -0.2) is 15.0 Å². The molecule has 6 nitrogen and oxygen atoms in total. The van der Waals surface area contributed by atoms with E-state index in [9.17, 15) is 0 Å². The Hall–Kier alpha value is -2.67. The monoisotopic (exact) mass is 396 g/mol. The molecular weight excluding hydrogens is 368 g/mol. The van der Waals surface area contributed by atoms with Crippen LogP contribution in [0.2, 0.25) is 0 Å². The molecule has 0 saturated carbocycles. The fourth-order valence-electron chi connectivity index (χ4n) is 2.86. The van der Waals surface area contributed by atoms with Crippen LogP contribution < -0.4 is 10.6 Å². The number of nitrogens with zero attached hydrogens (tertiary/aromatic N) is 4. The Balaban J connectivity index is 1.56. The van der Waals surface area contributed by atoms with Gasteiger partial charge in [0.05, 0.1) is 23.6 Å². The molecule has 0 atom stereocenters. The highest BCUT2D eigenvalue weighted by molar-refractivity contribution is 7.11. The molecule has 2 aromatic heterocycles. The summed E-state index contributed by atoms with van der Waals surface area (Å²) < 4.78 is 2.07. The van der Waals surface area contributed by atoms with Crippen molar-refractivity contribution < 1.29 is 0 Å². The molecule has 0 saturated heterocycles. The molecule has 148 valence electrons. The molecular formula is C21H28N6S. The average molecular weight is 397 g/mol. The number of rotatable bonds is 8.